The Labute approximate surface area is 106 Å². The molecule has 0 saturated heterocycles. The van der Waals surface area contributed by atoms with Gasteiger partial charge in [-0.15, -0.1) is 0 Å². The Morgan fingerprint density at radius 1 is 1.29 bits per heavy atom. The van der Waals surface area contributed by atoms with E-state index in [-0.39, 0.29) is 0 Å². The van der Waals surface area contributed by atoms with Gasteiger partial charge in [-0.3, -0.25) is 20.2 Å². The number of hydrogen-bond donors (Lipinski definition) is 1. The van der Waals surface area contributed by atoms with E-state index in [0.29, 0.717) is 6.07 Å². The largest absolute Gasteiger partial charge is 0.477 e. The Morgan fingerprint density at radius 2 is 1.76 bits per heavy atom. The second-order valence-electron chi connectivity index (χ2n) is 2.74. The topological polar surface area (TPSA) is 124 Å². The average Bonchev–Trinajstić information content (AvgIpc) is 2.19. The summed E-state index contributed by atoms with van der Waals surface area (Å²) in [6, 6.07) is 0.510. The van der Waals surface area contributed by atoms with E-state index in [2.05, 4.69) is 15.9 Å². The average molecular weight is 325 g/mol. The van der Waals surface area contributed by atoms with Gasteiger partial charge in [0.1, 0.15) is 5.02 Å². The summed E-state index contributed by atoms with van der Waals surface area (Å²) in [5.41, 5.74) is -2.37. The van der Waals surface area contributed by atoms with Gasteiger partial charge in [0.2, 0.25) is 0 Å². The molecule has 0 bridgehead atoms. The summed E-state index contributed by atoms with van der Waals surface area (Å²) in [5, 5.41) is 29.5. The van der Waals surface area contributed by atoms with E-state index < -0.39 is 42.2 Å². The minimum absolute atomic E-state index is 0.396. The zero-order chi connectivity index (χ0) is 13.3. The highest BCUT2D eigenvalue weighted by molar-refractivity contribution is 9.10. The number of rotatable bonds is 3. The van der Waals surface area contributed by atoms with Crippen molar-refractivity contribution in [3.8, 4) is 0 Å². The van der Waals surface area contributed by atoms with Crippen LogP contribution in [-0.4, -0.2) is 20.9 Å². The smallest absolute Gasteiger partial charge is 0.343 e. The second-order valence-corrected chi connectivity index (χ2v) is 3.91. The molecule has 1 aromatic rings. The lowest BCUT2D eigenvalue weighted by molar-refractivity contribution is -0.394. The molecular formula is C7H2BrClN2O6. The Kier molecular flexibility index (Phi) is 3.63. The lowest BCUT2D eigenvalue weighted by Crippen LogP contribution is -2.06. The molecule has 0 unspecified atom stereocenters. The van der Waals surface area contributed by atoms with Crippen molar-refractivity contribution in [2.24, 2.45) is 0 Å². The molecule has 10 heteroatoms. The van der Waals surface area contributed by atoms with Gasteiger partial charge in [0.25, 0.3) is 11.4 Å². The molecule has 0 fully saturated rings. The maximum atomic E-state index is 10.8. The zero-order valence-corrected chi connectivity index (χ0v) is 10.1. The minimum Gasteiger partial charge on any atom is -0.477 e. The van der Waals surface area contributed by atoms with Crippen LogP contribution in [0.25, 0.3) is 0 Å². The van der Waals surface area contributed by atoms with E-state index in [1.54, 1.807) is 0 Å². The molecule has 0 aliphatic carbocycles. The third kappa shape index (κ3) is 2.34. The quantitative estimate of drug-likeness (QED) is 0.673. The molecule has 1 N–H and O–H groups in total. The monoisotopic (exact) mass is 324 g/mol. The Balaban J connectivity index is 3.75. The van der Waals surface area contributed by atoms with Crippen molar-refractivity contribution < 1.29 is 19.7 Å². The van der Waals surface area contributed by atoms with E-state index in [1.807, 2.05) is 0 Å². The van der Waals surface area contributed by atoms with Gasteiger partial charge in [-0.2, -0.15) is 0 Å². The van der Waals surface area contributed by atoms with Crippen LogP contribution in [0.4, 0.5) is 11.4 Å². The number of nitro benzene ring substituents is 2. The molecule has 0 atom stereocenters. The normalized spacial score (nSPS) is 10.0. The van der Waals surface area contributed by atoms with Crippen molar-refractivity contribution in [1.29, 1.82) is 0 Å². The predicted octanol–water partition coefficient (Wildman–Crippen LogP) is 2.62. The lowest BCUT2D eigenvalue weighted by Gasteiger charge is -2.03. The molecule has 0 aliphatic heterocycles. The summed E-state index contributed by atoms with van der Waals surface area (Å²) < 4.78 is -0.396. The fourth-order valence-electron chi connectivity index (χ4n) is 1.08. The van der Waals surface area contributed by atoms with Crippen molar-refractivity contribution in [3.63, 3.8) is 0 Å². The van der Waals surface area contributed by atoms with E-state index in [4.69, 9.17) is 16.7 Å². The SMILES string of the molecule is O=C(O)c1c([N+](=O)[O-])cc([N+](=O)[O-])c(Cl)c1Br. The number of carboxylic acid groups (broad SMARTS) is 1. The van der Waals surface area contributed by atoms with Crippen LogP contribution < -0.4 is 0 Å². The summed E-state index contributed by atoms with van der Waals surface area (Å²) >= 11 is 8.24. The number of aromatic carboxylic acids is 1. The van der Waals surface area contributed by atoms with Gasteiger partial charge in [-0.05, 0) is 15.9 Å². The third-order valence-electron chi connectivity index (χ3n) is 1.77. The van der Waals surface area contributed by atoms with Crippen LogP contribution in [0.15, 0.2) is 10.5 Å². The fourth-order valence-corrected chi connectivity index (χ4v) is 1.87. The van der Waals surface area contributed by atoms with Crippen molar-refractivity contribution in [3.05, 3.63) is 41.4 Å². The molecule has 0 aromatic heterocycles. The maximum Gasteiger partial charge on any atom is 0.343 e. The molecule has 1 aromatic carbocycles. The first-order valence-corrected chi connectivity index (χ1v) is 4.98. The highest BCUT2D eigenvalue weighted by atomic mass is 79.9. The van der Waals surface area contributed by atoms with Crippen LogP contribution in [-0.2, 0) is 0 Å². The highest BCUT2D eigenvalue weighted by Crippen LogP contribution is 2.40. The first-order valence-electron chi connectivity index (χ1n) is 3.81. The molecule has 0 radical (unpaired) electrons. The summed E-state index contributed by atoms with van der Waals surface area (Å²) in [4.78, 5) is 30.0. The first kappa shape index (κ1) is 13.3. The molecule has 0 spiro atoms. The van der Waals surface area contributed by atoms with Crippen molar-refractivity contribution in [2.75, 3.05) is 0 Å². The van der Waals surface area contributed by atoms with Gasteiger partial charge in [0.05, 0.1) is 20.4 Å². The van der Waals surface area contributed by atoms with Gasteiger partial charge >= 0.3 is 5.97 Å². The standard InChI is InChI=1S/C7H2BrClN2O6/c8-5-4(7(12)13)2(10(14)15)1-3(6(5)9)11(16)17/h1H,(H,12,13). The number of nitrogens with zero attached hydrogens (tertiary/aromatic N) is 2. The Hall–Kier alpha value is -1.74. The number of carboxylic acids is 1. The number of nitro groups is 2. The van der Waals surface area contributed by atoms with Crippen LogP contribution >= 0.6 is 27.5 Å². The van der Waals surface area contributed by atoms with Gasteiger partial charge in [0, 0.05) is 0 Å². The molecule has 17 heavy (non-hydrogen) atoms. The van der Waals surface area contributed by atoms with Crippen LogP contribution in [0.1, 0.15) is 10.4 Å². The van der Waals surface area contributed by atoms with E-state index >= 15 is 0 Å². The van der Waals surface area contributed by atoms with Crippen LogP contribution in [0.2, 0.25) is 5.02 Å². The van der Waals surface area contributed by atoms with E-state index in [9.17, 15) is 25.0 Å². The number of halogens is 2. The highest BCUT2D eigenvalue weighted by Gasteiger charge is 2.31. The van der Waals surface area contributed by atoms with Crippen molar-refractivity contribution in [2.45, 2.75) is 0 Å². The molecule has 0 aliphatic rings. The number of benzene rings is 1. The molecular weight excluding hydrogens is 323 g/mol. The van der Waals surface area contributed by atoms with Gasteiger partial charge in [-0.25, -0.2) is 4.79 Å². The van der Waals surface area contributed by atoms with Crippen LogP contribution in [0, 0.1) is 20.2 Å². The predicted molar refractivity (Wildman–Crippen MR) is 59.4 cm³/mol. The van der Waals surface area contributed by atoms with Crippen molar-refractivity contribution in [1.82, 2.24) is 0 Å². The van der Waals surface area contributed by atoms with Gasteiger partial charge in [0.15, 0.2) is 5.56 Å². The van der Waals surface area contributed by atoms with E-state index in [1.165, 1.54) is 0 Å². The Bertz CT molecular complexity index is 546. The minimum atomic E-state index is -1.61. The molecule has 8 nitrogen and oxygen atoms in total. The van der Waals surface area contributed by atoms with Gasteiger partial charge < -0.3 is 5.11 Å². The summed E-state index contributed by atoms with van der Waals surface area (Å²) in [6.07, 6.45) is 0. The number of carbonyl (C=O) groups is 1. The zero-order valence-electron chi connectivity index (χ0n) is 7.72. The fraction of sp³-hybridized carbons (Fsp3) is 0. The number of hydrogen-bond acceptors (Lipinski definition) is 5. The van der Waals surface area contributed by atoms with E-state index in [0.717, 1.165) is 0 Å². The molecule has 1 rings (SSSR count). The maximum absolute atomic E-state index is 10.8. The second kappa shape index (κ2) is 4.63. The molecule has 0 amide bonds. The summed E-state index contributed by atoms with van der Waals surface area (Å²) in [7, 11) is 0. The first-order chi connectivity index (χ1) is 7.77. The Morgan fingerprint density at radius 3 is 2.12 bits per heavy atom. The molecule has 0 heterocycles. The lowest BCUT2D eigenvalue weighted by atomic mass is 10.1. The molecule has 90 valence electrons. The van der Waals surface area contributed by atoms with Crippen LogP contribution in [0.3, 0.4) is 0 Å². The van der Waals surface area contributed by atoms with Gasteiger partial charge in [-0.1, -0.05) is 11.6 Å². The molecule has 0 saturated carbocycles. The summed E-state index contributed by atoms with van der Waals surface area (Å²) in [6.45, 7) is 0. The third-order valence-corrected chi connectivity index (χ3v) is 3.18. The van der Waals surface area contributed by atoms with Crippen molar-refractivity contribution >= 4 is 44.9 Å². The summed E-state index contributed by atoms with van der Waals surface area (Å²) in [5.74, 6) is -1.61. The van der Waals surface area contributed by atoms with Crippen LogP contribution in [0.5, 0.6) is 0 Å².